The van der Waals surface area contributed by atoms with Gasteiger partial charge in [-0.15, -0.1) is 0 Å². The first-order valence-corrected chi connectivity index (χ1v) is 3.63. The number of ether oxygens (including phenoxy) is 1. The van der Waals surface area contributed by atoms with Crippen LogP contribution in [0.4, 0.5) is 0 Å². The van der Waals surface area contributed by atoms with Gasteiger partial charge < -0.3 is 9.84 Å². The Morgan fingerprint density at radius 1 is 1.20 bits per heavy atom. The Morgan fingerprint density at radius 2 is 1.50 bits per heavy atom. The molecule has 0 radical (unpaired) electrons. The van der Waals surface area contributed by atoms with Gasteiger partial charge in [-0.2, -0.15) is 0 Å². The second kappa shape index (κ2) is 1.56. The number of rotatable bonds is 1. The topological polar surface area (TPSA) is 32.8 Å². The van der Waals surface area contributed by atoms with E-state index in [1.165, 1.54) is 0 Å². The molecule has 2 heteroatoms. The third-order valence-corrected chi connectivity index (χ3v) is 2.73. The number of aliphatic hydroxyl groups is 1. The molecular weight excluding hydrogens is 128 g/mol. The highest BCUT2D eigenvalue weighted by Crippen LogP contribution is 2.53. The van der Waals surface area contributed by atoms with Crippen LogP contribution in [0.1, 0.15) is 34.6 Å². The molecule has 1 heterocycles. The average Bonchev–Trinajstić information content (AvgIpc) is 2.05. The van der Waals surface area contributed by atoms with E-state index in [9.17, 15) is 5.11 Å². The molecule has 1 fully saturated rings. The molecule has 1 N–H and O–H groups in total. The second-order valence-electron chi connectivity index (χ2n) is 4.20. The minimum Gasteiger partial charge on any atom is -0.387 e. The molecule has 0 aliphatic carbocycles. The predicted octanol–water partition coefficient (Wildman–Crippen LogP) is 1.32. The van der Waals surface area contributed by atoms with Crippen LogP contribution in [0.25, 0.3) is 0 Å². The fourth-order valence-electron chi connectivity index (χ4n) is 1.35. The molecule has 0 saturated carbocycles. The summed E-state index contributed by atoms with van der Waals surface area (Å²) in [5.41, 5.74) is -1.26. The smallest absolute Gasteiger partial charge is 0.123 e. The average molecular weight is 144 g/mol. The number of hydrogen-bond donors (Lipinski definition) is 1. The molecule has 1 aliphatic rings. The fraction of sp³-hybridized carbons (Fsp3) is 1.00. The first-order chi connectivity index (χ1) is 4.21. The minimum absolute atomic E-state index is 0.161. The van der Waals surface area contributed by atoms with E-state index in [0.717, 1.165) is 0 Å². The Kier molecular flexibility index (Phi) is 1.25. The molecule has 1 saturated heterocycles. The zero-order valence-corrected chi connectivity index (χ0v) is 7.36. The Labute approximate surface area is 62.2 Å². The molecule has 2 nitrogen and oxygen atoms in total. The van der Waals surface area contributed by atoms with Crippen LogP contribution in [0, 0.1) is 0 Å². The summed E-state index contributed by atoms with van der Waals surface area (Å²) in [5.74, 6) is 0. The van der Waals surface area contributed by atoms with E-state index in [2.05, 4.69) is 0 Å². The van der Waals surface area contributed by atoms with Crippen LogP contribution in [0.2, 0.25) is 0 Å². The van der Waals surface area contributed by atoms with Crippen LogP contribution in [-0.2, 0) is 4.74 Å². The summed E-state index contributed by atoms with van der Waals surface area (Å²) in [6.07, 6.45) is 0. The minimum atomic E-state index is -0.740. The molecule has 0 aromatic heterocycles. The summed E-state index contributed by atoms with van der Waals surface area (Å²) in [5, 5.41) is 9.63. The standard InChI is InChI=1S/C8H16O2/c1-6(2,9)8(5)7(3,4)10-8/h9H,1-5H3/t8-/m1/s1. The highest BCUT2D eigenvalue weighted by atomic mass is 16.6. The molecule has 0 bridgehead atoms. The summed E-state index contributed by atoms with van der Waals surface area (Å²) >= 11 is 0. The Bertz CT molecular complexity index is 155. The number of hydrogen-bond acceptors (Lipinski definition) is 2. The largest absolute Gasteiger partial charge is 0.387 e. The maximum Gasteiger partial charge on any atom is 0.123 e. The van der Waals surface area contributed by atoms with Crippen LogP contribution < -0.4 is 0 Å². The van der Waals surface area contributed by atoms with Crippen molar-refractivity contribution in [2.75, 3.05) is 0 Å². The highest BCUT2D eigenvalue weighted by Gasteiger charge is 2.67. The van der Waals surface area contributed by atoms with Gasteiger partial charge in [-0.3, -0.25) is 0 Å². The van der Waals surface area contributed by atoms with E-state index in [1.54, 1.807) is 13.8 Å². The van der Waals surface area contributed by atoms with Crippen molar-refractivity contribution in [2.45, 2.75) is 51.4 Å². The van der Waals surface area contributed by atoms with E-state index < -0.39 is 5.60 Å². The van der Waals surface area contributed by atoms with Crippen LogP contribution in [0.3, 0.4) is 0 Å². The van der Waals surface area contributed by atoms with Gasteiger partial charge in [0.25, 0.3) is 0 Å². The second-order valence-corrected chi connectivity index (χ2v) is 4.20. The molecule has 1 atom stereocenters. The first-order valence-electron chi connectivity index (χ1n) is 3.63. The van der Waals surface area contributed by atoms with Gasteiger partial charge in [-0.25, -0.2) is 0 Å². The zero-order valence-electron chi connectivity index (χ0n) is 7.36. The first kappa shape index (κ1) is 8.02. The maximum absolute atomic E-state index is 9.63. The lowest BCUT2D eigenvalue weighted by Gasteiger charge is -2.24. The summed E-state index contributed by atoms with van der Waals surface area (Å²) < 4.78 is 5.41. The van der Waals surface area contributed by atoms with E-state index in [1.807, 2.05) is 20.8 Å². The van der Waals surface area contributed by atoms with Crippen LogP contribution in [0.5, 0.6) is 0 Å². The monoisotopic (exact) mass is 144 g/mol. The fourth-order valence-corrected chi connectivity index (χ4v) is 1.35. The lowest BCUT2D eigenvalue weighted by molar-refractivity contribution is 0.00249. The lowest BCUT2D eigenvalue weighted by Crippen LogP contribution is -2.41. The van der Waals surface area contributed by atoms with E-state index in [0.29, 0.717) is 0 Å². The molecule has 0 amide bonds. The Morgan fingerprint density at radius 3 is 1.50 bits per heavy atom. The van der Waals surface area contributed by atoms with Crippen molar-refractivity contribution < 1.29 is 9.84 Å². The van der Waals surface area contributed by atoms with E-state index in [-0.39, 0.29) is 11.2 Å². The summed E-state index contributed by atoms with van der Waals surface area (Å²) in [7, 11) is 0. The van der Waals surface area contributed by atoms with Crippen molar-refractivity contribution in [3.05, 3.63) is 0 Å². The quantitative estimate of drug-likeness (QED) is 0.563. The zero-order chi connectivity index (χ0) is 8.21. The molecule has 1 rings (SSSR count). The highest BCUT2D eigenvalue weighted by molar-refractivity contribution is 5.15. The molecule has 10 heavy (non-hydrogen) atoms. The maximum atomic E-state index is 9.63. The Hall–Kier alpha value is -0.0800. The molecule has 0 aromatic rings. The van der Waals surface area contributed by atoms with E-state index >= 15 is 0 Å². The lowest BCUT2D eigenvalue weighted by atomic mass is 9.84. The Balaban J connectivity index is 2.78. The SMILES string of the molecule is CC(C)(O)[C@@]1(C)OC1(C)C. The van der Waals surface area contributed by atoms with Crippen LogP contribution in [-0.4, -0.2) is 21.9 Å². The molecule has 60 valence electrons. The molecular formula is C8H16O2. The molecule has 1 aliphatic heterocycles. The van der Waals surface area contributed by atoms with Crippen molar-refractivity contribution in [1.82, 2.24) is 0 Å². The molecule has 0 aromatic carbocycles. The van der Waals surface area contributed by atoms with Crippen molar-refractivity contribution in [2.24, 2.45) is 0 Å². The van der Waals surface area contributed by atoms with Crippen LogP contribution >= 0.6 is 0 Å². The normalized spacial score (nSPS) is 37.8. The molecule has 0 spiro atoms. The van der Waals surface area contributed by atoms with Gasteiger partial charge in [-0.1, -0.05) is 0 Å². The van der Waals surface area contributed by atoms with Crippen molar-refractivity contribution in [1.29, 1.82) is 0 Å². The van der Waals surface area contributed by atoms with Crippen molar-refractivity contribution >= 4 is 0 Å². The van der Waals surface area contributed by atoms with Gasteiger partial charge in [0.1, 0.15) is 5.60 Å². The van der Waals surface area contributed by atoms with Gasteiger partial charge in [-0.05, 0) is 34.6 Å². The van der Waals surface area contributed by atoms with Gasteiger partial charge >= 0.3 is 0 Å². The third-order valence-electron chi connectivity index (χ3n) is 2.73. The van der Waals surface area contributed by atoms with Crippen LogP contribution in [0.15, 0.2) is 0 Å². The van der Waals surface area contributed by atoms with Crippen molar-refractivity contribution in [3.8, 4) is 0 Å². The summed E-state index contributed by atoms with van der Waals surface area (Å²) in [4.78, 5) is 0. The van der Waals surface area contributed by atoms with Gasteiger partial charge in [0, 0.05) is 0 Å². The summed E-state index contributed by atoms with van der Waals surface area (Å²) in [6.45, 7) is 9.48. The number of epoxide rings is 1. The predicted molar refractivity (Wildman–Crippen MR) is 39.9 cm³/mol. The van der Waals surface area contributed by atoms with Crippen molar-refractivity contribution in [3.63, 3.8) is 0 Å². The molecule has 0 unspecified atom stereocenters. The van der Waals surface area contributed by atoms with Gasteiger partial charge in [0.15, 0.2) is 0 Å². The van der Waals surface area contributed by atoms with E-state index in [4.69, 9.17) is 4.74 Å². The van der Waals surface area contributed by atoms with Gasteiger partial charge in [0.2, 0.25) is 0 Å². The summed E-state index contributed by atoms with van der Waals surface area (Å²) in [6, 6.07) is 0. The third kappa shape index (κ3) is 0.789. The van der Waals surface area contributed by atoms with Gasteiger partial charge in [0.05, 0.1) is 11.2 Å².